The molecule has 1 aromatic carbocycles. The highest BCUT2D eigenvalue weighted by Gasteiger charge is 2.19. The zero-order valence-electron chi connectivity index (χ0n) is 12.1. The van der Waals surface area contributed by atoms with Gasteiger partial charge in [0.05, 0.1) is 25.0 Å². The van der Waals surface area contributed by atoms with E-state index in [0.717, 1.165) is 28.1 Å². The lowest BCUT2D eigenvalue weighted by atomic mass is 10.0. The molecule has 0 unspecified atom stereocenters. The van der Waals surface area contributed by atoms with Gasteiger partial charge in [0.1, 0.15) is 5.75 Å². The van der Waals surface area contributed by atoms with Crippen LogP contribution in [0.4, 0.5) is 5.88 Å². The molecule has 1 aromatic heterocycles. The van der Waals surface area contributed by atoms with Gasteiger partial charge in [-0.05, 0) is 26.0 Å². The van der Waals surface area contributed by atoms with Gasteiger partial charge in [0.25, 0.3) is 0 Å². The van der Waals surface area contributed by atoms with Gasteiger partial charge in [0.15, 0.2) is 0 Å². The molecule has 0 saturated heterocycles. The first-order chi connectivity index (χ1) is 9.67. The van der Waals surface area contributed by atoms with Crippen molar-refractivity contribution in [3.05, 3.63) is 29.5 Å². The summed E-state index contributed by atoms with van der Waals surface area (Å²) in [6, 6.07) is 5.93. The number of aryl methyl sites for hydroxylation is 1. The van der Waals surface area contributed by atoms with Gasteiger partial charge in [-0.1, -0.05) is 16.8 Å². The number of nitrogens with two attached hydrogens (primary N) is 1. The second kappa shape index (κ2) is 6.43. The highest BCUT2D eigenvalue weighted by atomic mass is 16.5. The van der Waals surface area contributed by atoms with Gasteiger partial charge in [-0.3, -0.25) is 0 Å². The molecular weight excluding hydrogens is 256 g/mol. The zero-order valence-corrected chi connectivity index (χ0v) is 12.1. The molecule has 0 aliphatic carbocycles. The van der Waals surface area contributed by atoms with Gasteiger partial charge in [0.2, 0.25) is 5.88 Å². The fraction of sp³-hybridized carbons (Fsp3) is 0.400. The lowest BCUT2D eigenvalue weighted by Gasteiger charge is -2.09. The van der Waals surface area contributed by atoms with Crippen molar-refractivity contribution in [2.75, 3.05) is 26.1 Å². The summed E-state index contributed by atoms with van der Waals surface area (Å²) in [4.78, 5) is 0. The van der Waals surface area contributed by atoms with E-state index < -0.39 is 0 Å². The van der Waals surface area contributed by atoms with Crippen LogP contribution in [0.25, 0.3) is 11.1 Å². The molecule has 0 aliphatic heterocycles. The summed E-state index contributed by atoms with van der Waals surface area (Å²) in [6.07, 6.45) is 0.654. The van der Waals surface area contributed by atoms with Crippen molar-refractivity contribution in [1.29, 1.82) is 0 Å². The van der Waals surface area contributed by atoms with E-state index in [1.165, 1.54) is 0 Å². The molecule has 0 spiro atoms. The summed E-state index contributed by atoms with van der Waals surface area (Å²) >= 11 is 0. The summed E-state index contributed by atoms with van der Waals surface area (Å²) < 4.78 is 15.9. The molecule has 2 aromatic rings. The van der Waals surface area contributed by atoms with Crippen molar-refractivity contribution < 1.29 is 14.0 Å². The Bertz CT molecular complexity index is 578. The molecule has 5 heteroatoms. The molecule has 1 heterocycles. The maximum absolute atomic E-state index is 5.93. The number of nitrogens with zero attached hydrogens (tertiary/aromatic N) is 1. The SMILES string of the molecule is CCOCCc1noc(N)c1-c1cc(C)ccc1OC. The van der Waals surface area contributed by atoms with E-state index in [1.807, 2.05) is 32.0 Å². The van der Waals surface area contributed by atoms with Gasteiger partial charge in [0, 0.05) is 18.6 Å². The first kappa shape index (κ1) is 14.4. The third kappa shape index (κ3) is 2.93. The third-order valence-corrected chi connectivity index (χ3v) is 3.10. The van der Waals surface area contributed by atoms with Crippen LogP contribution in [-0.4, -0.2) is 25.5 Å². The fourth-order valence-electron chi connectivity index (χ4n) is 2.13. The van der Waals surface area contributed by atoms with E-state index in [1.54, 1.807) is 7.11 Å². The minimum atomic E-state index is 0.306. The molecule has 0 atom stereocenters. The van der Waals surface area contributed by atoms with Crippen LogP contribution in [0.3, 0.4) is 0 Å². The number of hydrogen-bond acceptors (Lipinski definition) is 5. The van der Waals surface area contributed by atoms with Gasteiger partial charge in [-0.25, -0.2) is 0 Å². The number of nitrogen functional groups attached to an aromatic ring is 1. The molecule has 0 amide bonds. The molecule has 2 N–H and O–H groups in total. The minimum absolute atomic E-state index is 0.306. The quantitative estimate of drug-likeness (QED) is 0.821. The van der Waals surface area contributed by atoms with E-state index in [2.05, 4.69) is 5.16 Å². The Labute approximate surface area is 118 Å². The van der Waals surface area contributed by atoms with Crippen molar-refractivity contribution in [2.45, 2.75) is 20.3 Å². The van der Waals surface area contributed by atoms with Crippen molar-refractivity contribution >= 4 is 5.88 Å². The van der Waals surface area contributed by atoms with E-state index in [9.17, 15) is 0 Å². The number of anilines is 1. The summed E-state index contributed by atoms with van der Waals surface area (Å²) in [7, 11) is 1.64. The van der Waals surface area contributed by atoms with Crippen LogP contribution in [0.2, 0.25) is 0 Å². The molecule has 20 heavy (non-hydrogen) atoms. The van der Waals surface area contributed by atoms with Crippen LogP contribution in [-0.2, 0) is 11.2 Å². The van der Waals surface area contributed by atoms with Crippen molar-refractivity contribution in [1.82, 2.24) is 5.16 Å². The fourth-order valence-corrected chi connectivity index (χ4v) is 2.13. The van der Waals surface area contributed by atoms with E-state index in [0.29, 0.717) is 25.5 Å². The first-order valence-corrected chi connectivity index (χ1v) is 6.64. The van der Waals surface area contributed by atoms with Crippen LogP contribution in [0.15, 0.2) is 22.7 Å². The Balaban J connectivity index is 2.41. The van der Waals surface area contributed by atoms with Crippen LogP contribution >= 0.6 is 0 Å². The van der Waals surface area contributed by atoms with Gasteiger partial charge >= 0.3 is 0 Å². The van der Waals surface area contributed by atoms with Crippen LogP contribution in [0.1, 0.15) is 18.2 Å². The number of aromatic nitrogens is 1. The Morgan fingerprint density at radius 1 is 1.35 bits per heavy atom. The summed E-state index contributed by atoms with van der Waals surface area (Å²) in [5, 5.41) is 4.03. The number of ether oxygens (including phenoxy) is 2. The van der Waals surface area contributed by atoms with Gasteiger partial charge in [-0.15, -0.1) is 0 Å². The molecule has 0 radical (unpaired) electrons. The highest BCUT2D eigenvalue weighted by Crippen LogP contribution is 2.37. The summed E-state index contributed by atoms with van der Waals surface area (Å²) in [5.74, 6) is 1.06. The largest absolute Gasteiger partial charge is 0.496 e. The number of benzene rings is 1. The molecule has 0 fully saturated rings. The van der Waals surface area contributed by atoms with Crippen LogP contribution in [0, 0.1) is 6.92 Å². The standard InChI is InChI=1S/C15H20N2O3/c1-4-19-8-7-12-14(15(16)20-17-12)11-9-10(2)5-6-13(11)18-3/h5-6,9H,4,7-8,16H2,1-3H3. The molecule has 0 aliphatic rings. The first-order valence-electron chi connectivity index (χ1n) is 6.64. The number of methoxy groups -OCH3 is 1. The molecule has 5 nitrogen and oxygen atoms in total. The van der Waals surface area contributed by atoms with E-state index in [4.69, 9.17) is 19.7 Å². The molecule has 108 valence electrons. The van der Waals surface area contributed by atoms with Gasteiger partial charge in [-0.2, -0.15) is 0 Å². The van der Waals surface area contributed by atoms with E-state index in [-0.39, 0.29) is 0 Å². The van der Waals surface area contributed by atoms with Crippen molar-refractivity contribution in [3.8, 4) is 16.9 Å². The van der Waals surface area contributed by atoms with Crippen molar-refractivity contribution in [3.63, 3.8) is 0 Å². The average Bonchev–Trinajstić information content (AvgIpc) is 2.80. The predicted molar refractivity (Wildman–Crippen MR) is 77.8 cm³/mol. The molecular formula is C15H20N2O3. The average molecular weight is 276 g/mol. The minimum Gasteiger partial charge on any atom is -0.496 e. The number of rotatable bonds is 6. The smallest absolute Gasteiger partial charge is 0.230 e. The predicted octanol–water partition coefficient (Wildman–Crippen LogP) is 2.82. The third-order valence-electron chi connectivity index (χ3n) is 3.10. The lowest BCUT2D eigenvalue weighted by Crippen LogP contribution is -2.00. The maximum atomic E-state index is 5.93. The second-order valence-electron chi connectivity index (χ2n) is 4.52. The topological polar surface area (TPSA) is 70.5 Å². The summed E-state index contributed by atoms with van der Waals surface area (Å²) in [6.45, 7) is 5.24. The lowest BCUT2D eigenvalue weighted by molar-refractivity contribution is 0.149. The highest BCUT2D eigenvalue weighted by molar-refractivity contribution is 5.80. The molecule has 0 bridgehead atoms. The van der Waals surface area contributed by atoms with Crippen molar-refractivity contribution in [2.24, 2.45) is 0 Å². The zero-order chi connectivity index (χ0) is 14.5. The monoisotopic (exact) mass is 276 g/mol. The second-order valence-corrected chi connectivity index (χ2v) is 4.52. The Morgan fingerprint density at radius 2 is 2.15 bits per heavy atom. The van der Waals surface area contributed by atoms with Crippen LogP contribution in [0.5, 0.6) is 5.75 Å². The Kier molecular flexibility index (Phi) is 4.63. The summed E-state index contributed by atoms with van der Waals surface area (Å²) in [5.41, 5.74) is 9.54. The van der Waals surface area contributed by atoms with E-state index >= 15 is 0 Å². The number of hydrogen-bond donors (Lipinski definition) is 1. The maximum Gasteiger partial charge on any atom is 0.230 e. The van der Waals surface area contributed by atoms with Gasteiger partial charge < -0.3 is 19.7 Å². The van der Waals surface area contributed by atoms with Crippen LogP contribution < -0.4 is 10.5 Å². The molecule has 0 saturated carbocycles. The Hall–Kier alpha value is -2.01. The molecule has 2 rings (SSSR count). The Morgan fingerprint density at radius 3 is 2.85 bits per heavy atom. The normalized spacial score (nSPS) is 10.8.